The van der Waals surface area contributed by atoms with E-state index in [0.29, 0.717) is 22.6 Å². The first-order valence-electron chi connectivity index (χ1n) is 8.63. The van der Waals surface area contributed by atoms with Crippen molar-refractivity contribution in [3.05, 3.63) is 89.5 Å². The van der Waals surface area contributed by atoms with Crippen LogP contribution in [-0.4, -0.2) is 24.8 Å². The molecule has 0 bridgehead atoms. The molecule has 0 radical (unpaired) electrons. The van der Waals surface area contributed by atoms with Crippen LogP contribution in [0, 0.1) is 12.3 Å². The topological polar surface area (TPSA) is 157 Å². The van der Waals surface area contributed by atoms with Crippen LogP contribution < -0.4 is 16.2 Å². The molecule has 0 atom stereocenters. The van der Waals surface area contributed by atoms with E-state index in [-0.39, 0.29) is 10.7 Å². The number of anilines is 1. The fraction of sp³-hybridized carbons (Fsp3) is 0.0476. The molecule has 3 aromatic rings. The molecular weight excluding hydrogens is 406 g/mol. The Morgan fingerprint density at radius 2 is 1.53 bits per heavy atom. The van der Waals surface area contributed by atoms with Gasteiger partial charge in [-0.3, -0.25) is 9.96 Å². The number of benzene rings is 3. The van der Waals surface area contributed by atoms with E-state index < -0.39 is 16.1 Å². The quantitative estimate of drug-likeness (QED) is 0.124. The third-order valence-electron chi connectivity index (χ3n) is 3.88. The molecule has 3 rings (SSSR count). The lowest BCUT2D eigenvalue weighted by Crippen LogP contribution is -2.12. The van der Waals surface area contributed by atoms with Gasteiger partial charge in [0, 0.05) is 11.3 Å². The minimum Gasteiger partial charge on any atom is -0.423 e. The van der Waals surface area contributed by atoms with Crippen LogP contribution in [0.4, 0.5) is 5.69 Å². The molecule has 8 nitrogen and oxygen atoms in total. The predicted molar refractivity (Wildman–Crippen MR) is 114 cm³/mol. The molecule has 3 aromatic carbocycles. The first kappa shape index (κ1) is 22.6. The van der Waals surface area contributed by atoms with Gasteiger partial charge in [0.05, 0.1) is 10.5 Å². The number of rotatable bonds is 4. The lowest BCUT2D eigenvalue weighted by atomic mass is 10.2. The standard InChI is InChI=1S/C14H13N3O2.C7H8O3S/c15-12-4-2-1-3-11(12)14(18)19-10-7-5-9(6-8-10)13(16)17;1-6-2-4-7(5-3-6)11(8,9)10/h1-8H,15H2,(H3,16,17);2-5H,1H3,(H,8,9,10). The van der Waals surface area contributed by atoms with Crippen molar-refractivity contribution in [2.24, 2.45) is 5.73 Å². The second-order valence-electron chi connectivity index (χ2n) is 6.20. The van der Waals surface area contributed by atoms with E-state index in [0.717, 1.165) is 5.56 Å². The van der Waals surface area contributed by atoms with Gasteiger partial charge in [0.1, 0.15) is 11.6 Å². The molecule has 30 heavy (non-hydrogen) atoms. The average molecular weight is 427 g/mol. The van der Waals surface area contributed by atoms with Gasteiger partial charge >= 0.3 is 5.97 Å². The highest BCUT2D eigenvalue weighted by atomic mass is 32.2. The summed E-state index contributed by atoms with van der Waals surface area (Å²) in [5, 5.41) is 7.26. The lowest BCUT2D eigenvalue weighted by molar-refractivity contribution is 0.0736. The van der Waals surface area contributed by atoms with E-state index in [1.165, 1.54) is 12.1 Å². The number of para-hydroxylation sites is 1. The molecule has 0 saturated carbocycles. The second-order valence-corrected chi connectivity index (χ2v) is 7.62. The van der Waals surface area contributed by atoms with Gasteiger partial charge in [-0.05, 0) is 55.5 Å². The minimum atomic E-state index is -4.02. The average Bonchev–Trinajstić information content (AvgIpc) is 2.69. The number of amidine groups is 1. The predicted octanol–water partition coefficient (Wildman–Crippen LogP) is 3.01. The van der Waals surface area contributed by atoms with Crippen LogP contribution in [0.3, 0.4) is 0 Å². The van der Waals surface area contributed by atoms with E-state index in [1.54, 1.807) is 60.7 Å². The van der Waals surface area contributed by atoms with Crippen molar-refractivity contribution in [3.8, 4) is 5.75 Å². The van der Waals surface area contributed by atoms with Gasteiger partial charge in [0.25, 0.3) is 10.1 Å². The van der Waals surface area contributed by atoms with Crippen molar-refractivity contribution in [1.29, 1.82) is 5.41 Å². The molecule has 156 valence electrons. The number of nitrogen functional groups attached to an aromatic ring is 2. The van der Waals surface area contributed by atoms with Crippen molar-refractivity contribution in [2.45, 2.75) is 11.8 Å². The van der Waals surface area contributed by atoms with Crippen LogP contribution in [-0.2, 0) is 10.1 Å². The summed E-state index contributed by atoms with van der Waals surface area (Å²) in [4.78, 5) is 11.8. The molecule has 0 aliphatic heterocycles. The number of hydrogen-bond donors (Lipinski definition) is 4. The Morgan fingerprint density at radius 1 is 0.967 bits per heavy atom. The summed E-state index contributed by atoms with van der Waals surface area (Å²) in [5.74, 6) is -0.183. The van der Waals surface area contributed by atoms with E-state index in [1.807, 2.05) is 6.92 Å². The zero-order valence-corrected chi connectivity index (χ0v) is 16.9. The van der Waals surface area contributed by atoms with Crippen molar-refractivity contribution >= 4 is 27.6 Å². The van der Waals surface area contributed by atoms with Crippen molar-refractivity contribution in [1.82, 2.24) is 0 Å². The number of aryl methyl sites for hydroxylation is 1. The Bertz CT molecular complexity index is 1140. The van der Waals surface area contributed by atoms with Crippen molar-refractivity contribution in [2.75, 3.05) is 5.73 Å². The smallest absolute Gasteiger partial charge is 0.345 e. The van der Waals surface area contributed by atoms with Gasteiger partial charge in [0.15, 0.2) is 0 Å². The molecule has 0 aliphatic rings. The van der Waals surface area contributed by atoms with E-state index in [4.69, 9.17) is 26.2 Å². The number of esters is 1. The molecule has 0 aliphatic carbocycles. The van der Waals surface area contributed by atoms with Crippen LogP contribution in [0.25, 0.3) is 0 Å². The normalized spacial score (nSPS) is 10.5. The molecule has 0 fully saturated rings. The number of carbonyl (C=O) groups excluding carboxylic acids is 1. The lowest BCUT2D eigenvalue weighted by Gasteiger charge is -2.06. The maximum Gasteiger partial charge on any atom is 0.345 e. The fourth-order valence-corrected chi connectivity index (χ4v) is 2.74. The Hall–Kier alpha value is -3.69. The summed E-state index contributed by atoms with van der Waals surface area (Å²) in [5.41, 5.74) is 13.2. The van der Waals surface area contributed by atoms with Gasteiger partial charge < -0.3 is 16.2 Å². The SMILES string of the molecule is Cc1ccc(S(=O)(=O)O)cc1.N=C(N)c1ccc(OC(=O)c2ccccc2N)cc1. The summed E-state index contributed by atoms with van der Waals surface area (Å²) in [6.45, 7) is 1.84. The van der Waals surface area contributed by atoms with Gasteiger partial charge in [-0.25, -0.2) is 4.79 Å². The Kier molecular flexibility index (Phi) is 7.29. The summed E-state index contributed by atoms with van der Waals surface area (Å²) in [6, 6.07) is 19.1. The highest BCUT2D eigenvalue weighted by molar-refractivity contribution is 7.85. The van der Waals surface area contributed by atoms with Gasteiger partial charge in [-0.15, -0.1) is 0 Å². The van der Waals surface area contributed by atoms with Crippen LogP contribution in [0.5, 0.6) is 5.75 Å². The summed E-state index contributed by atoms with van der Waals surface area (Å²) in [7, 11) is -4.02. The Labute approximate surface area is 174 Å². The van der Waals surface area contributed by atoms with Crippen molar-refractivity contribution in [3.63, 3.8) is 0 Å². The monoisotopic (exact) mass is 427 g/mol. The fourth-order valence-electron chi connectivity index (χ4n) is 2.26. The van der Waals surface area contributed by atoms with Crippen LogP contribution in [0.15, 0.2) is 77.7 Å². The molecule has 0 heterocycles. The van der Waals surface area contributed by atoms with E-state index in [9.17, 15) is 13.2 Å². The first-order valence-corrected chi connectivity index (χ1v) is 10.1. The van der Waals surface area contributed by atoms with Gasteiger partial charge in [0.2, 0.25) is 0 Å². The molecule has 9 heteroatoms. The Morgan fingerprint density at radius 3 is 2.03 bits per heavy atom. The maximum absolute atomic E-state index is 11.9. The third kappa shape index (κ3) is 6.43. The summed E-state index contributed by atoms with van der Waals surface area (Å²) >= 11 is 0. The molecule has 0 unspecified atom stereocenters. The molecule has 6 N–H and O–H groups in total. The molecule has 0 aromatic heterocycles. The summed E-state index contributed by atoms with van der Waals surface area (Å²) < 4.78 is 34.7. The van der Waals surface area contributed by atoms with Gasteiger partial charge in [-0.2, -0.15) is 8.42 Å². The van der Waals surface area contributed by atoms with Gasteiger partial charge in [-0.1, -0.05) is 29.8 Å². The number of nitrogens with one attached hydrogen (secondary N) is 1. The second kappa shape index (κ2) is 9.68. The largest absolute Gasteiger partial charge is 0.423 e. The van der Waals surface area contributed by atoms with E-state index in [2.05, 4.69) is 0 Å². The number of hydrogen-bond acceptors (Lipinski definition) is 6. The van der Waals surface area contributed by atoms with Crippen LogP contribution in [0.1, 0.15) is 21.5 Å². The van der Waals surface area contributed by atoms with E-state index >= 15 is 0 Å². The van der Waals surface area contributed by atoms with Crippen LogP contribution >= 0.6 is 0 Å². The van der Waals surface area contributed by atoms with Crippen LogP contribution in [0.2, 0.25) is 0 Å². The summed E-state index contributed by atoms with van der Waals surface area (Å²) in [6.07, 6.45) is 0. The Balaban J connectivity index is 0.000000248. The zero-order valence-electron chi connectivity index (χ0n) is 16.1. The highest BCUT2D eigenvalue weighted by Gasteiger charge is 2.11. The highest BCUT2D eigenvalue weighted by Crippen LogP contribution is 2.17. The molecule has 0 amide bonds. The first-order chi connectivity index (χ1) is 14.1. The number of ether oxygens (including phenoxy) is 1. The number of carbonyl (C=O) groups is 1. The number of nitrogens with two attached hydrogens (primary N) is 2. The van der Waals surface area contributed by atoms with Crippen molar-refractivity contribution < 1.29 is 22.5 Å². The maximum atomic E-state index is 11.9. The molecule has 0 saturated heterocycles. The molecular formula is C21H21N3O5S. The zero-order chi connectivity index (χ0) is 22.3. The minimum absolute atomic E-state index is 0.0369. The third-order valence-corrected chi connectivity index (χ3v) is 4.74. The molecule has 0 spiro atoms.